The normalized spacial score (nSPS) is 31.4. The van der Waals surface area contributed by atoms with Gasteiger partial charge in [0.25, 0.3) is 0 Å². The lowest BCUT2D eigenvalue weighted by Crippen LogP contribution is -2.76. The number of aliphatic carboxylic acids is 1. The lowest BCUT2D eigenvalue weighted by atomic mass is 9.69. The molecule has 168 valence electrons. The van der Waals surface area contributed by atoms with Crippen LogP contribution in [0.25, 0.3) is 0 Å². The van der Waals surface area contributed by atoms with Crippen LogP contribution in [0.15, 0.2) is 0 Å². The Balaban J connectivity index is 3.45. The second-order valence-electron chi connectivity index (χ2n) is 7.15. The molecular weight excluding hydrogens is 386 g/mol. The molecule has 0 radical (unpaired) electrons. The number of hydrogen-bond donors (Lipinski definition) is 6. The van der Waals surface area contributed by atoms with E-state index in [0.717, 1.165) is 0 Å². The van der Waals surface area contributed by atoms with Crippen LogP contribution in [0.5, 0.6) is 0 Å². The third kappa shape index (κ3) is 5.35. The van der Waals surface area contributed by atoms with Crippen molar-refractivity contribution >= 4 is 18.0 Å². The number of carbonyl (C=O) groups excluding carboxylic acids is 2. The van der Waals surface area contributed by atoms with E-state index >= 15 is 0 Å². The fourth-order valence-corrected chi connectivity index (χ4v) is 3.64. The number of carbonyl (C=O) groups is 3. The Morgan fingerprint density at radius 3 is 2.28 bits per heavy atom. The minimum Gasteiger partial charge on any atom is -0.479 e. The smallest absolute Gasteiger partial charge is 0.409 e. The van der Waals surface area contributed by atoms with Gasteiger partial charge < -0.3 is 41.2 Å². The van der Waals surface area contributed by atoms with E-state index in [1.807, 2.05) is 6.92 Å². The Hall–Kier alpha value is -1.95. The summed E-state index contributed by atoms with van der Waals surface area (Å²) < 4.78 is 10.9. The van der Waals surface area contributed by atoms with Gasteiger partial charge in [-0.25, -0.2) is 9.59 Å². The van der Waals surface area contributed by atoms with Gasteiger partial charge in [-0.3, -0.25) is 4.79 Å². The molecule has 29 heavy (non-hydrogen) atoms. The Morgan fingerprint density at radius 2 is 1.83 bits per heavy atom. The van der Waals surface area contributed by atoms with Crippen LogP contribution in [0.4, 0.5) is 4.79 Å². The summed E-state index contributed by atoms with van der Waals surface area (Å²) in [7, 11) is 0. The van der Waals surface area contributed by atoms with Crippen molar-refractivity contribution in [2.45, 2.75) is 83.1 Å². The molecule has 1 fully saturated rings. The van der Waals surface area contributed by atoms with Gasteiger partial charge >= 0.3 is 12.1 Å². The quantitative estimate of drug-likeness (QED) is 0.281. The first-order chi connectivity index (χ1) is 13.6. The van der Waals surface area contributed by atoms with Gasteiger partial charge in [0.05, 0.1) is 12.2 Å². The molecule has 0 aromatic carbocycles. The number of carboxylic acids is 1. The second-order valence-corrected chi connectivity index (χ2v) is 7.15. The molecule has 1 heterocycles. The van der Waals surface area contributed by atoms with Crippen molar-refractivity contribution in [2.75, 3.05) is 6.54 Å². The van der Waals surface area contributed by atoms with E-state index in [1.54, 1.807) is 13.8 Å². The van der Waals surface area contributed by atoms with E-state index in [2.05, 4.69) is 10.6 Å². The fourth-order valence-electron chi connectivity index (χ4n) is 3.64. The first-order valence-corrected chi connectivity index (χ1v) is 9.81. The van der Waals surface area contributed by atoms with Crippen LogP contribution in [-0.2, 0) is 19.1 Å². The highest BCUT2D eigenvalue weighted by Crippen LogP contribution is 2.41. The van der Waals surface area contributed by atoms with E-state index in [4.69, 9.17) is 15.2 Å². The van der Waals surface area contributed by atoms with Gasteiger partial charge in [-0.05, 0) is 19.3 Å². The predicted octanol–water partition coefficient (Wildman–Crippen LogP) is -0.708. The molecule has 7 atom stereocenters. The standard InChI is InChI=1S/C18H33N3O8/c1-5-8-20-17(27)28-15-14(21-9(4)22)13(19)12(10(23)6-2)18(29-15,16(25)26)11(24)7-3/h10-15,23-24H,5-8,19H2,1-4H3,(H,20,27)(H,21,22)(H,25,26)/t10?,11?,12?,13-,14+,15-,18?/m0/s1. The zero-order chi connectivity index (χ0) is 22.4. The fraction of sp³-hybridized carbons (Fsp3) is 0.833. The number of aliphatic hydroxyl groups excluding tert-OH is 2. The Labute approximate surface area is 169 Å². The van der Waals surface area contributed by atoms with Crippen molar-refractivity contribution in [1.82, 2.24) is 10.6 Å². The molecule has 1 aliphatic heterocycles. The predicted molar refractivity (Wildman–Crippen MR) is 102 cm³/mol. The van der Waals surface area contributed by atoms with Gasteiger partial charge in [0, 0.05) is 25.4 Å². The zero-order valence-corrected chi connectivity index (χ0v) is 17.3. The number of ether oxygens (including phenoxy) is 2. The summed E-state index contributed by atoms with van der Waals surface area (Å²) in [6, 6.07) is -2.33. The van der Waals surface area contributed by atoms with Gasteiger partial charge in [0.1, 0.15) is 6.04 Å². The van der Waals surface area contributed by atoms with Gasteiger partial charge in [0.15, 0.2) is 0 Å². The molecule has 1 rings (SSSR count). The number of carboxylic acid groups (broad SMARTS) is 1. The topological polar surface area (TPSA) is 180 Å². The number of nitrogens with one attached hydrogen (secondary N) is 2. The summed E-state index contributed by atoms with van der Waals surface area (Å²) in [4.78, 5) is 36.0. The summed E-state index contributed by atoms with van der Waals surface area (Å²) in [5, 5.41) is 36.1. The van der Waals surface area contributed by atoms with E-state index in [0.29, 0.717) is 13.0 Å². The maximum Gasteiger partial charge on any atom is 0.409 e. The molecule has 0 saturated carbocycles. The van der Waals surface area contributed by atoms with Crippen LogP contribution >= 0.6 is 0 Å². The molecule has 4 unspecified atom stereocenters. The Kier molecular flexibility index (Phi) is 9.27. The third-order valence-electron chi connectivity index (χ3n) is 5.09. The Morgan fingerprint density at radius 1 is 1.21 bits per heavy atom. The highest BCUT2D eigenvalue weighted by molar-refractivity contribution is 5.80. The van der Waals surface area contributed by atoms with E-state index in [-0.39, 0.29) is 12.8 Å². The molecule has 2 amide bonds. The van der Waals surface area contributed by atoms with E-state index < -0.39 is 60.1 Å². The van der Waals surface area contributed by atoms with Crippen LogP contribution in [-0.4, -0.2) is 76.0 Å². The maximum absolute atomic E-state index is 12.3. The van der Waals surface area contributed by atoms with E-state index in [1.165, 1.54) is 6.92 Å². The van der Waals surface area contributed by atoms with Crippen molar-refractivity contribution in [1.29, 1.82) is 0 Å². The molecule has 0 aromatic heterocycles. The number of aliphatic hydroxyl groups is 2. The van der Waals surface area contributed by atoms with Crippen molar-refractivity contribution < 1.29 is 39.2 Å². The van der Waals surface area contributed by atoms with Crippen LogP contribution < -0.4 is 16.4 Å². The number of alkyl carbamates (subject to hydrolysis) is 1. The highest BCUT2D eigenvalue weighted by Gasteiger charge is 2.64. The van der Waals surface area contributed by atoms with Crippen LogP contribution in [0.2, 0.25) is 0 Å². The summed E-state index contributed by atoms with van der Waals surface area (Å²) in [5.74, 6) is -3.35. The molecule has 0 bridgehead atoms. The first kappa shape index (κ1) is 25.1. The Bertz CT molecular complexity index is 589. The summed E-state index contributed by atoms with van der Waals surface area (Å²) in [5.41, 5.74) is 3.94. The van der Waals surface area contributed by atoms with Crippen molar-refractivity contribution in [3.63, 3.8) is 0 Å². The highest BCUT2D eigenvalue weighted by atomic mass is 16.7. The largest absolute Gasteiger partial charge is 0.479 e. The molecule has 1 aliphatic rings. The number of rotatable bonds is 9. The van der Waals surface area contributed by atoms with Gasteiger partial charge in [-0.1, -0.05) is 20.8 Å². The lowest BCUT2D eigenvalue weighted by molar-refractivity contribution is -0.288. The molecular formula is C18H33N3O8. The summed E-state index contributed by atoms with van der Waals surface area (Å²) in [6.07, 6.45) is -4.56. The minimum atomic E-state index is -2.34. The third-order valence-corrected chi connectivity index (χ3v) is 5.09. The molecule has 0 aliphatic carbocycles. The van der Waals surface area contributed by atoms with Crippen LogP contribution in [0, 0.1) is 5.92 Å². The van der Waals surface area contributed by atoms with Crippen molar-refractivity contribution in [3.8, 4) is 0 Å². The van der Waals surface area contributed by atoms with Crippen LogP contribution in [0.3, 0.4) is 0 Å². The molecule has 0 spiro atoms. The van der Waals surface area contributed by atoms with Gasteiger partial charge in [0.2, 0.25) is 17.8 Å². The molecule has 0 aromatic rings. The first-order valence-electron chi connectivity index (χ1n) is 9.81. The van der Waals surface area contributed by atoms with Gasteiger partial charge in [-0.2, -0.15) is 0 Å². The number of nitrogens with two attached hydrogens (primary N) is 1. The van der Waals surface area contributed by atoms with Crippen molar-refractivity contribution in [2.24, 2.45) is 11.7 Å². The molecule has 11 heteroatoms. The average Bonchev–Trinajstić information content (AvgIpc) is 2.66. The molecule has 7 N–H and O–H groups in total. The van der Waals surface area contributed by atoms with Gasteiger partial charge in [-0.15, -0.1) is 0 Å². The average molecular weight is 419 g/mol. The van der Waals surface area contributed by atoms with E-state index in [9.17, 15) is 29.7 Å². The SMILES string of the molecule is CCCNC(=O)O[C@H]1OC(C(=O)O)(C(O)CC)C(C(O)CC)[C@H](N)[C@H]1NC(C)=O. The minimum absolute atomic E-state index is 0.0223. The van der Waals surface area contributed by atoms with Crippen LogP contribution in [0.1, 0.15) is 47.0 Å². The molecule has 1 saturated heterocycles. The summed E-state index contributed by atoms with van der Waals surface area (Å²) >= 11 is 0. The number of hydrogen-bond acceptors (Lipinski definition) is 8. The monoisotopic (exact) mass is 419 g/mol. The lowest BCUT2D eigenvalue weighted by Gasteiger charge is -2.52. The maximum atomic E-state index is 12.3. The molecule has 11 nitrogen and oxygen atoms in total. The zero-order valence-electron chi connectivity index (χ0n) is 17.3. The van der Waals surface area contributed by atoms with Crippen molar-refractivity contribution in [3.05, 3.63) is 0 Å². The number of amides is 2. The summed E-state index contributed by atoms with van der Waals surface area (Å²) in [6.45, 7) is 6.52. The second kappa shape index (κ2) is 10.7.